The maximum absolute atomic E-state index is 11.6. The molecule has 0 aliphatic rings. The Morgan fingerprint density at radius 3 is 2.81 bits per heavy atom. The molecule has 2 aromatic heterocycles. The molecule has 0 radical (unpaired) electrons. The van der Waals surface area contributed by atoms with Crippen LogP contribution in [0.4, 0.5) is 5.82 Å². The summed E-state index contributed by atoms with van der Waals surface area (Å²) >= 11 is 1.48. The van der Waals surface area contributed by atoms with Crippen LogP contribution in [0.3, 0.4) is 0 Å². The molecule has 114 valence electrons. The topological polar surface area (TPSA) is 88.5 Å². The Bertz CT molecular complexity index is 606. The highest BCUT2D eigenvalue weighted by Crippen LogP contribution is 2.18. The summed E-state index contributed by atoms with van der Waals surface area (Å²) in [5.41, 5.74) is 0.699. The van der Waals surface area contributed by atoms with Crippen molar-refractivity contribution >= 4 is 17.6 Å². The highest BCUT2D eigenvalue weighted by atomic mass is 32.2. The third-order valence-electron chi connectivity index (χ3n) is 2.78. The fourth-order valence-corrected chi connectivity index (χ4v) is 2.61. The van der Waals surface area contributed by atoms with Gasteiger partial charge >= 0.3 is 5.69 Å². The van der Waals surface area contributed by atoms with Crippen molar-refractivity contribution in [2.75, 3.05) is 11.9 Å². The number of hydrogen-bond donors (Lipinski definition) is 2. The van der Waals surface area contributed by atoms with Gasteiger partial charge in [-0.25, -0.2) is 14.9 Å². The minimum Gasteiger partial charge on any atom is -0.369 e. The summed E-state index contributed by atoms with van der Waals surface area (Å²) in [5.74, 6) is 1.42. The molecule has 8 heteroatoms. The number of aromatic nitrogens is 5. The van der Waals surface area contributed by atoms with E-state index in [9.17, 15) is 4.79 Å². The van der Waals surface area contributed by atoms with Crippen LogP contribution in [0.15, 0.2) is 22.3 Å². The van der Waals surface area contributed by atoms with Crippen molar-refractivity contribution in [2.45, 2.75) is 44.1 Å². The summed E-state index contributed by atoms with van der Waals surface area (Å²) < 4.78 is 1.65. The van der Waals surface area contributed by atoms with Crippen LogP contribution in [-0.4, -0.2) is 31.3 Å². The molecule has 2 aromatic rings. The molecule has 0 aromatic carbocycles. The van der Waals surface area contributed by atoms with Crippen LogP contribution in [0.5, 0.6) is 0 Å². The summed E-state index contributed by atoms with van der Waals surface area (Å²) in [6.07, 6.45) is 5.42. The minimum atomic E-state index is -0.162. The summed E-state index contributed by atoms with van der Waals surface area (Å²) in [6.45, 7) is 5.69. The van der Waals surface area contributed by atoms with E-state index in [-0.39, 0.29) is 5.69 Å². The molecule has 0 bridgehead atoms. The molecule has 0 aliphatic carbocycles. The minimum absolute atomic E-state index is 0.162. The van der Waals surface area contributed by atoms with Gasteiger partial charge in [-0.3, -0.25) is 9.55 Å². The van der Waals surface area contributed by atoms with E-state index in [2.05, 4.69) is 32.4 Å². The van der Waals surface area contributed by atoms with Gasteiger partial charge in [0.25, 0.3) is 0 Å². The molecule has 21 heavy (non-hydrogen) atoms. The zero-order valence-corrected chi connectivity index (χ0v) is 13.1. The summed E-state index contributed by atoms with van der Waals surface area (Å²) in [5, 5.41) is 10.4. The van der Waals surface area contributed by atoms with E-state index in [1.165, 1.54) is 11.8 Å². The van der Waals surface area contributed by atoms with E-state index >= 15 is 0 Å². The van der Waals surface area contributed by atoms with Crippen molar-refractivity contribution in [1.82, 2.24) is 24.7 Å². The first kappa shape index (κ1) is 15.6. The first-order valence-corrected chi connectivity index (χ1v) is 8.06. The van der Waals surface area contributed by atoms with Gasteiger partial charge in [0.1, 0.15) is 5.82 Å². The van der Waals surface area contributed by atoms with E-state index < -0.39 is 0 Å². The number of aromatic amines is 1. The molecular formula is C13H20N6OS. The summed E-state index contributed by atoms with van der Waals surface area (Å²) in [7, 11) is 0. The third kappa shape index (κ3) is 4.32. The first-order chi connectivity index (χ1) is 10.2. The molecule has 2 N–H and O–H groups in total. The van der Waals surface area contributed by atoms with Crippen LogP contribution >= 0.6 is 11.8 Å². The summed E-state index contributed by atoms with van der Waals surface area (Å²) in [6, 6.07) is 0. The maximum atomic E-state index is 11.6. The lowest BCUT2D eigenvalue weighted by atomic mass is 10.4. The fourth-order valence-electron chi connectivity index (χ4n) is 1.75. The van der Waals surface area contributed by atoms with Gasteiger partial charge in [-0.1, -0.05) is 25.6 Å². The molecule has 0 spiro atoms. The van der Waals surface area contributed by atoms with Gasteiger partial charge in [-0.15, -0.1) is 5.10 Å². The van der Waals surface area contributed by atoms with Gasteiger partial charge in [0.15, 0.2) is 5.16 Å². The lowest BCUT2D eigenvalue weighted by molar-refractivity contribution is 0.603. The van der Waals surface area contributed by atoms with Crippen molar-refractivity contribution in [3.63, 3.8) is 0 Å². The van der Waals surface area contributed by atoms with Crippen LogP contribution < -0.4 is 11.0 Å². The Hall–Kier alpha value is -1.83. The predicted molar refractivity (Wildman–Crippen MR) is 83.5 cm³/mol. The number of thioether (sulfide) groups is 1. The van der Waals surface area contributed by atoms with Gasteiger partial charge in [-0.05, 0) is 12.8 Å². The number of H-pyrrole nitrogens is 1. The Kier molecular flexibility index (Phi) is 5.79. The van der Waals surface area contributed by atoms with Gasteiger partial charge in [0, 0.05) is 18.8 Å². The van der Waals surface area contributed by atoms with Gasteiger partial charge in [-0.2, -0.15) is 0 Å². The van der Waals surface area contributed by atoms with E-state index in [0.717, 1.165) is 30.9 Å². The summed E-state index contributed by atoms with van der Waals surface area (Å²) in [4.78, 5) is 20.2. The lowest BCUT2D eigenvalue weighted by Crippen LogP contribution is -2.17. The number of nitrogens with zero attached hydrogens (tertiary/aromatic N) is 4. The molecular weight excluding hydrogens is 288 g/mol. The average Bonchev–Trinajstić information content (AvgIpc) is 2.85. The van der Waals surface area contributed by atoms with E-state index in [4.69, 9.17) is 0 Å². The van der Waals surface area contributed by atoms with Gasteiger partial charge in [0.05, 0.1) is 18.1 Å². The number of hydrogen-bond acceptors (Lipinski definition) is 6. The molecule has 2 heterocycles. The average molecular weight is 308 g/mol. The molecule has 0 amide bonds. The van der Waals surface area contributed by atoms with Crippen molar-refractivity contribution in [1.29, 1.82) is 0 Å². The molecule has 0 aliphatic heterocycles. The second-order valence-corrected chi connectivity index (χ2v) is 5.51. The molecule has 0 fully saturated rings. The highest BCUT2D eigenvalue weighted by Gasteiger charge is 2.08. The lowest BCUT2D eigenvalue weighted by Gasteiger charge is -2.05. The van der Waals surface area contributed by atoms with Crippen molar-refractivity contribution in [3.05, 3.63) is 28.6 Å². The van der Waals surface area contributed by atoms with E-state index in [1.807, 2.05) is 6.92 Å². The van der Waals surface area contributed by atoms with Crippen LogP contribution in [0.1, 0.15) is 32.4 Å². The van der Waals surface area contributed by atoms with Gasteiger partial charge < -0.3 is 5.32 Å². The largest absolute Gasteiger partial charge is 0.369 e. The Balaban J connectivity index is 1.95. The second kappa shape index (κ2) is 7.82. The maximum Gasteiger partial charge on any atom is 0.343 e. The Labute approximate surface area is 127 Å². The monoisotopic (exact) mass is 308 g/mol. The SMILES string of the molecule is CCCNc1cnc(CSc2n[nH]c(=O)n2CCC)cn1. The van der Waals surface area contributed by atoms with Crippen LogP contribution in [0.25, 0.3) is 0 Å². The van der Waals surface area contributed by atoms with Crippen LogP contribution in [-0.2, 0) is 12.3 Å². The van der Waals surface area contributed by atoms with Crippen molar-refractivity contribution in [2.24, 2.45) is 0 Å². The molecule has 0 saturated heterocycles. The smallest absolute Gasteiger partial charge is 0.343 e. The zero-order chi connectivity index (χ0) is 15.1. The molecule has 2 rings (SSSR count). The zero-order valence-electron chi connectivity index (χ0n) is 12.3. The van der Waals surface area contributed by atoms with Crippen molar-refractivity contribution in [3.8, 4) is 0 Å². The van der Waals surface area contributed by atoms with Crippen LogP contribution in [0.2, 0.25) is 0 Å². The third-order valence-corrected chi connectivity index (χ3v) is 3.79. The molecule has 0 unspecified atom stereocenters. The van der Waals surface area contributed by atoms with Gasteiger partial charge in [0.2, 0.25) is 0 Å². The fraction of sp³-hybridized carbons (Fsp3) is 0.538. The highest BCUT2D eigenvalue weighted by molar-refractivity contribution is 7.98. The van der Waals surface area contributed by atoms with E-state index in [1.54, 1.807) is 17.0 Å². The van der Waals surface area contributed by atoms with E-state index in [0.29, 0.717) is 17.5 Å². The number of nitrogens with one attached hydrogen (secondary N) is 2. The molecule has 7 nitrogen and oxygen atoms in total. The first-order valence-electron chi connectivity index (χ1n) is 7.07. The standard InChI is InChI=1S/C13H20N6OS/c1-3-5-14-11-8-15-10(7-16-11)9-21-13-18-17-12(20)19(13)6-4-2/h7-8H,3-6,9H2,1-2H3,(H,14,16)(H,17,20). The normalized spacial score (nSPS) is 10.8. The number of rotatable bonds is 8. The van der Waals surface area contributed by atoms with Crippen LogP contribution in [0, 0.1) is 0 Å². The quantitative estimate of drug-likeness (QED) is 0.724. The Morgan fingerprint density at radius 1 is 1.29 bits per heavy atom. The number of anilines is 1. The molecule has 0 saturated carbocycles. The second-order valence-electron chi connectivity index (χ2n) is 4.57. The molecule has 0 atom stereocenters. The van der Waals surface area contributed by atoms with Crippen molar-refractivity contribution < 1.29 is 0 Å². The Morgan fingerprint density at radius 2 is 2.14 bits per heavy atom. The predicted octanol–water partition coefficient (Wildman–Crippen LogP) is 1.89.